The average molecular weight is 272 g/mol. The topological polar surface area (TPSA) is 38.7 Å². The van der Waals surface area contributed by atoms with Gasteiger partial charge < -0.3 is 14.6 Å². The molecule has 0 fully saturated rings. The summed E-state index contributed by atoms with van der Waals surface area (Å²) in [6.45, 7) is 0.683. The van der Waals surface area contributed by atoms with E-state index in [0.717, 1.165) is 35.5 Å². The lowest BCUT2D eigenvalue weighted by Gasteiger charge is -2.15. The minimum Gasteiger partial charge on any atom is -0.493 e. The highest BCUT2D eigenvalue weighted by Crippen LogP contribution is 2.32. The van der Waals surface area contributed by atoms with E-state index >= 15 is 0 Å². The van der Waals surface area contributed by atoms with Gasteiger partial charge in [-0.2, -0.15) is 0 Å². The number of hydrogen-bond donors (Lipinski definition) is 1. The Morgan fingerprint density at radius 2 is 1.80 bits per heavy atom. The Hall–Kier alpha value is -2.00. The second kappa shape index (κ2) is 7.56. The molecule has 2 aromatic rings. The minimum atomic E-state index is 0.176. The maximum Gasteiger partial charge on any atom is 0.164 e. The molecule has 20 heavy (non-hydrogen) atoms. The first-order valence-corrected chi connectivity index (χ1v) is 6.78. The van der Waals surface area contributed by atoms with E-state index in [-0.39, 0.29) is 6.61 Å². The Balaban J connectivity index is 2.15. The molecule has 0 aliphatic heterocycles. The summed E-state index contributed by atoms with van der Waals surface area (Å²) in [7, 11) is 1.64. The predicted octanol–water partition coefficient (Wildman–Crippen LogP) is 3.20. The highest BCUT2D eigenvalue weighted by atomic mass is 16.5. The molecule has 2 rings (SSSR count). The molecule has 0 aromatic heterocycles. The van der Waals surface area contributed by atoms with Crippen LogP contribution in [-0.2, 0) is 13.0 Å². The lowest BCUT2D eigenvalue weighted by molar-refractivity contribution is 0.274. The average Bonchev–Trinajstić information content (AvgIpc) is 2.52. The second-order valence-electron chi connectivity index (χ2n) is 4.55. The Bertz CT molecular complexity index is 523. The molecule has 0 amide bonds. The van der Waals surface area contributed by atoms with Crippen molar-refractivity contribution in [3.8, 4) is 11.5 Å². The van der Waals surface area contributed by atoms with Crippen molar-refractivity contribution >= 4 is 0 Å². The number of ether oxygens (including phenoxy) is 2. The van der Waals surface area contributed by atoms with Gasteiger partial charge in [-0.1, -0.05) is 42.5 Å². The van der Waals surface area contributed by atoms with Gasteiger partial charge in [0.25, 0.3) is 0 Å². The number of aliphatic hydroxyl groups is 1. The number of methoxy groups -OCH3 is 1. The first-order valence-electron chi connectivity index (χ1n) is 6.78. The minimum absolute atomic E-state index is 0.176. The molecule has 1 N–H and O–H groups in total. The van der Waals surface area contributed by atoms with E-state index in [9.17, 15) is 0 Å². The molecule has 2 aromatic carbocycles. The molecule has 0 saturated carbocycles. The molecule has 0 aliphatic carbocycles. The van der Waals surface area contributed by atoms with E-state index in [4.69, 9.17) is 14.6 Å². The van der Waals surface area contributed by atoms with Crippen molar-refractivity contribution in [1.82, 2.24) is 0 Å². The highest BCUT2D eigenvalue weighted by molar-refractivity contribution is 5.46. The van der Waals surface area contributed by atoms with Crippen LogP contribution in [0.5, 0.6) is 11.5 Å². The SMILES string of the molecule is COc1cccc(CCCO)c1OCc1ccccc1. The zero-order chi connectivity index (χ0) is 14.2. The van der Waals surface area contributed by atoms with E-state index in [0.29, 0.717) is 6.61 Å². The molecule has 0 radical (unpaired) electrons. The van der Waals surface area contributed by atoms with E-state index in [2.05, 4.69) is 0 Å². The van der Waals surface area contributed by atoms with Crippen LogP contribution in [0.3, 0.4) is 0 Å². The zero-order valence-electron chi connectivity index (χ0n) is 11.7. The van der Waals surface area contributed by atoms with Gasteiger partial charge in [-0.05, 0) is 30.0 Å². The molecule has 3 nitrogen and oxygen atoms in total. The summed E-state index contributed by atoms with van der Waals surface area (Å²) in [6, 6.07) is 15.9. The fraction of sp³-hybridized carbons (Fsp3) is 0.294. The van der Waals surface area contributed by atoms with Crippen LogP contribution in [0, 0.1) is 0 Å². The van der Waals surface area contributed by atoms with Crippen LogP contribution in [0.1, 0.15) is 17.5 Å². The van der Waals surface area contributed by atoms with Crippen LogP contribution in [0.2, 0.25) is 0 Å². The Morgan fingerprint density at radius 1 is 1.00 bits per heavy atom. The van der Waals surface area contributed by atoms with Crippen molar-refractivity contribution in [1.29, 1.82) is 0 Å². The smallest absolute Gasteiger partial charge is 0.164 e. The van der Waals surface area contributed by atoms with Gasteiger partial charge in [-0.25, -0.2) is 0 Å². The molecule has 0 saturated heterocycles. The standard InChI is InChI=1S/C17H20O3/c1-19-16-11-5-9-15(10-6-12-18)17(16)20-13-14-7-3-2-4-8-14/h2-5,7-9,11,18H,6,10,12-13H2,1H3. The van der Waals surface area contributed by atoms with Crippen LogP contribution in [0.15, 0.2) is 48.5 Å². The molecule has 0 bridgehead atoms. The number of aliphatic hydroxyl groups excluding tert-OH is 1. The number of benzene rings is 2. The molecule has 3 heteroatoms. The molecule has 0 heterocycles. The second-order valence-corrected chi connectivity index (χ2v) is 4.55. The molecule has 0 aliphatic rings. The highest BCUT2D eigenvalue weighted by Gasteiger charge is 2.10. The first kappa shape index (κ1) is 14.4. The lowest BCUT2D eigenvalue weighted by atomic mass is 10.1. The lowest BCUT2D eigenvalue weighted by Crippen LogP contribution is -2.01. The van der Waals surface area contributed by atoms with Crippen molar-refractivity contribution < 1.29 is 14.6 Å². The van der Waals surface area contributed by atoms with Crippen molar-refractivity contribution in [2.75, 3.05) is 13.7 Å². The van der Waals surface area contributed by atoms with Gasteiger partial charge in [0, 0.05) is 6.61 Å². The van der Waals surface area contributed by atoms with Crippen LogP contribution in [0.4, 0.5) is 0 Å². The normalized spacial score (nSPS) is 10.3. The summed E-state index contributed by atoms with van der Waals surface area (Å²) in [5.74, 6) is 1.50. The number of rotatable bonds is 7. The third-order valence-electron chi connectivity index (χ3n) is 3.11. The molecule has 0 spiro atoms. The quantitative estimate of drug-likeness (QED) is 0.841. The van der Waals surface area contributed by atoms with Gasteiger partial charge in [0.05, 0.1) is 7.11 Å². The number of aryl methyl sites for hydroxylation is 1. The van der Waals surface area contributed by atoms with Gasteiger partial charge in [0.1, 0.15) is 6.61 Å². The summed E-state index contributed by atoms with van der Waals surface area (Å²) >= 11 is 0. The third-order valence-corrected chi connectivity index (χ3v) is 3.11. The van der Waals surface area contributed by atoms with Crippen LogP contribution >= 0.6 is 0 Å². The molecule has 0 atom stereocenters. The summed E-state index contributed by atoms with van der Waals surface area (Å²) in [5, 5.41) is 8.98. The Morgan fingerprint density at radius 3 is 2.50 bits per heavy atom. The summed E-state index contributed by atoms with van der Waals surface area (Å²) in [4.78, 5) is 0. The monoisotopic (exact) mass is 272 g/mol. The third kappa shape index (κ3) is 3.75. The molecular weight excluding hydrogens is 252 g/mol. The van der Waals surface area contributed by atoms with Gasteiger partial charge >= 0.3 is 0 Å². The maximum absolute atomic E-state index is 8.98. The van der Waals surface area contributed by atoms with E-state index < -0.39 is 0 Å². The molecular formula is C17H20O3. The van der Waals surface area contributed by atoms with Gasteiger partial charge in [-0.3, -0.25) is 0 Å². The predicted molar refractivity (Wildman–Crippen MR) is 79.2 cm³/mol. The summed E-state index contributed by atoms with van der Waals surface area (Å²) in [6.07, 6.45) is 1.49. The first-order chi connectivity index (χ1) is 9.85. The van der Waals surface area contributed by atoms with Crippen molar-refractivity contribution in [2.45, 2.75) is 19.4 Å². The fourth-order valence-electron chi connectivity index (χ4n) is 2.08. The van der Waals surface area contributed by atoms with Crippen LogP contribution < -0.4 is 9.47 Å². The Labute approximate surface area is 119 Å². The van der Waals surface area contributed by atoms with Crippen molar-refractivity contribution in [2.24, 2.45) is 0 Å². The van der Waals surface area contributed by atoms with E-state index in [1.165, 1.54) is 0 Å². The van der Waals surface area contributed by atoms with Gasteiger partial charge in [0.2, 0.25) is 0 Å². The summed E-state index contributed by atoms with van der Waals surface area (Å²) in [5.41, 5.74) is 2.18. The Kier molecular flexibility index (Phi) is 5.44. The zero-order valence-corrected chi connectivity index (χ0v) is 11.7. The van der Waals surface area contributed by atoms with E-state index in [1.807, 2.05) is 48.5 Å². The largest absolute Gasteiger partial charge is 0.493 e. The molecule has 106 valence electrons. The van der Waals surface area contributed by atoms with Crippen molar-refractivity contribution in [3.05, 3.63) is 59.7 Å². The van der Waals surface area contributed by atoms with Gasteiger partial charge in [0.15, 0.2) is 11.5 Å². The number of para-hydroxylation sites is 1. The van der Waals surface area contributed by atoms with E-state index in [1.54, 1.807) is 7.11 Å². The van der Waals surface area contributed by atoms with Crippen LogP contribution in [-0.4, -0.2) is 18.8 Å². The van der Waals surface area contributed by atoms with Crippen LogP contribution in [0.25, 0.3) is 0 Å². The van der Waals surface area contributed by atoms with Crippen molar-refractivity contribution in [3.63, 3.8) is 0 Å². The fourth-order valence-corrected chi connectivity index (χ4v) is 2.08. The van der Waals surface area contributed by atoms with Gasteiger partial charge in [-0.15, -0.1) is 0 Å². The summed E-state index contributed by atoms with van der Waals surface area (Å²) < 4.78 is 11.3. The molecule has 0 unspecified atom stereocenters. The number of hydrogen-bond acceptors (Lipinski definition) is 3. The maximum atomic E-state index is 8.98.